The number of carbonyl (C=O) groups is 1. The van der Waals surface area contributed by atoms with Crippen LogP contribution >= 0.6 is 0 Å². The minimum Gasteiger partial charge on any atom is -0.450 e. The van der Waals surface area contributed by atoms with Crippen LogP contribution in [0.25, 0.3) is 5.69 Å². The summed E-state index contributed by atoms with van der Waals surface area (Å²) in [4.78, 5) is 17.9. The van der Waals surface area contributed by atoms with Crippen molar-refractivity contribution < 1.29 is 9.53 Å². The van der Waals surface area contributed by atoms with Crippen LogP contribution in [0.15, 0.2) is 41.5 Å². The van der Waals surface area contributed by atoms with Gasteiger partial charge in [-0.15, -0.1) is 0 Å². The number of likely N-dealkylation sites (tertiary alicyclic amines) is 1. The van der Waals surface area contributed by atoms with Crippen molar-refractivity contribution in [2.24, 2.45) is 4.99 Å². The molecule has 2 heterocycles. The number of rotatable bonds is 7. The van der Waals surface area contributed by atoms with Gasteiger partial charge in [-0.05, 0) is 57.2 Å². The number of piperidine rings is 1. The van der Waals surface area contributed by atoms with Crippen LogP contribution in [0.4, 0.5) is 4.79 Å². The maximum absolute atomic E-state index is 11.8. The molecular formula is C23H34N6O2. The normalized spacial score (nSPS) is 15.1. The second-order valence-electron chi connectivity index (χ2n) is 7.73. The number of aryl methyl sites for hydroxylation is 2. The molecule has 31 heavy (non-hydrogen) atoms. The number of amides is 1. The van der Waals surface area contributed by atoms with E-state index in [0.717, 1.165) is 49.6 Å². The number of aliphatic imine (C=N–C) groups is 1. The highest BCUT2D eigenvalue weighted by Crippen LogP contribution is 2.14. The molecular weight excluding hydrogens is 392 g/mol. The Kier molecular flexibility index (Phi) is 8.32. The Labute approximate surface area is 184 Å². The highest BCUT2D eigenvalue weighted by atomic mass is 16.6. The van der Waals surface area contributed by atoms with Gasteiger partial charge < -0.3 is 20.3 Å². The fourth-order valence-corrected chi connectivity index (χ4v) is 3.75. The molecule has 168 valence electrons. The van der Waals surface area contributed by atoms with Gasteiger partial charge in [-0.2, -0.15) is 5.10 Å². The third kappa shape index (κ3) is 6.47. The Hall–Kier alpha value is -3.03. The van der Waals surface area contributed by atoms with Gasteiger partial charge in [0.25, 0.3) is 0 Å². The molecule has 1 saturated heterocycles. The predicted molar refractivity (Wildman–Crippen MR) is 123 cm³/mol. The van der Waals surface area contributed by atoms with Gasteiger partial charge in [0.1, 0.15) is 0 Å². The van der Waals surface area contributed by atoms with E-state index in [0.29, 0.717) is 25.7 Å². The molecule has 0 saturated carbocycles. The van der Waals surface area contributed by atoms with Gasteiger partial charge in [0.15, 0.2) is 5.96 Å². The maximum Gasteiger partial charge on any atom is 0.409 e. The summed E-state index contributed by atoms with van der Waals surface area (Å²) in [7, 11) is 1.79. The van der Waals surface area contributed by atoms with Crippen molar-refractivity contribution >= 4 is 12.1 Å². The molecule has 8 nitrogen and oxygen atoms in total. The number of aromatic nitrogens is 2. The van der Waals surface area contributed by atoms with Crippen LogP contribution in [0.2, 0.25) is 0 Å². The number of ether oxygens (including phenoxy) is 1. The first-order valence-corrected chi connectivity index (χ1v) is 11.1. The van der Waals surface area contributed by atoms with Crippen LogP contribution in [0.3, 0.4) is 0 Å². The van der Waals surface area contributed by atoms with E-state index in [4.69, 9.17) is 4.74 Å². The van der Waals surface area contributed by atoms with Crippen LogP contribution in [0, 0.1) is 6.92 Å². The number of para-hydroxylation sites is 1. The fourth-order valence-electron chi connectivity index (χ4n) is 3.75. The van der Waals surface area contributed by atoms with E-state index in [2.05, 4.69) is 46.0 Å². The van der Waals surface area contributed by atoms with Gasteiger partial charge in [-0.3, -0.25) is 4.99 Å². The summed E-state index contributed by atoms with van der Waals surface area (Å²) in [6, 6.07) is 10.5. The summed E-state index contributed by atoms with van der Waals surface area (Å²) >= 11 is 0. The maximum atomic E-state index is 11.8. The molecule has 0 unspecified atom stereocenters. The molecule has 0 radical (unpaired) electrons. The smallest absolute Gasteiger partial charge is 0.409 e. The molecule has 0 atom stereocenters. The van der Waals surface area contributed by atoms with E-state index in [1.807, 2.05) is 29.8 Å². The standard InChI is InChI=1S/C23H34N6O2/c1-4-31-23(30)28-15-12-20(13-16-28)26-22(24-3)25-14-8-9-19-17-29(27-18(19)2)21-10-6-5-7-11-21/h5-7,10-11,17,20H,4,8-9,12-16H2,1-3H3,(H2,24,25,26). The highest BCUT2D eigenvalue weighted by molar-refractivity contribution is 5.80. The lowest BCUT2D eigenvalue weighted by Crippen LogP contribution is -2.50. The third-order valence-corrected chi connectivity index (χ3v) is 5.52. The van der Waals surface area contributed by atoms with Gasteiger partial charge in [0, 0.05) is 38.9 Å². The molecule has 1 amide bonds. The fraction of sp³-hybridized carbons (Fsp3) is 0.522. The van der Waals surface area contributed by atoms with Gasteiger partial charge in [0.2, 0.25) is 0 Å². The first-order chi connectivity index (χ1) is 15.1. The Bertz CT molecular complexity index is 856. The zero-order chi connectivity index (χ0) is 22.1. The zero-order valence-electron chi connectivity index (χ0n) is 18.8. The van der Waals surface area contributed by atoms with E-state index in [-0.39, 0.29) is 6.09 Å². The molecule has 0 bridgehead atoms. The molecule has 1 aromatic heterocycles. The lowest BCUT2D eigenvalue weighted by atomic mass is 10.1. The molecule has 1 aliphatic rings. The molecule has 0 aliphatic carbocycles. The van der Waals surface area contributed by atoms with Crippen molar-refractivity contribution in [1.29, 1.82) is 0 Å². The summed E-state index contributed by atoms with van der Waals surface area (Å²) in [6.07, 6.45) is 5.63. The van der Waals surface area contributed by atoms with Crippen LogP contribution in [0.1, 0.15) is 37.4 Å². The number of carbonyl (C=O) groups excluding carboxylic acids is 1. The Morgan fingerprint density at radius 3 is 2.68 bits per heavy atom. The number of guanidine groups is 1. The summed E-state index contributed by atoms with van der Waals surface area (Å²) < 4.78 is 7.03. The predicted octanol–water partition coefficient (Wildman–Crippen LogP) is 2.90. The minimum absolute atomic E-state index is 0.214. The third-order valence-electron chi connectivity index (χ3n) is 5.52. The summed E-state index contributed by atoms with van der Waals surface area (Å²) in [5.74, 6) is 0.811. The first-order valence-electron chi connectivity index (χ1n) is 11.1. The summed E-state index contributed by atoms with van der Waals surface area (Å²) in [6.45, 7) is 6.55. The van der Waals surface area contributed by atoms with E-state index in [9.17, 15) is 4.79 Å². The van der Waals surface area contributed by atoms with Crippen LogP contribution in [-0.4, -0.2) is 66.1 Å². The van der Waals surface area contributed by atoms with Crippen molar-refractivity contribution in [3.63, 3.8) is 0 Å². The Balaban J connectivity index is 1.39. The van der Waals surface area contributed by atoms with E-state index >= 15 is 0 Å². The molecule has 1 fully saturated rings. The lowest BCUT2D eigenvalue weighted by molar-refractivity contribution is 0.0963. The van der Waals surface area contributed by atoms with Crippen molar-refractivity contribution in [2.45, 2.75) is 45.6 Å². The summed E-state index contributed by atoms with van der Waals surface area (Å²) in [5, 5.41) is 11.5. The van der Waals surface area contributed by atoms with E-state index in [1.165, 1.54) is 5.56 Å². The highest BCUT2D eigenvalue weighted by Gasteiger charge is 2.24. The minimum atomic E-state index is -0.214. The van der Waals surface area contributed by atoms with Crippen molar-refractivity contribution in [2.75, 3.05) is 33.3 Å². The molecule has 1 aromatic carbocycles. The number of hydrogen-bond acceptors (Lipinski definition) is 4. The summed E-state index contributed by atoms with van der Waals surface area (Å²) in [5.41, 5.74) is 3.41. The van der Waals surface area contributed by atoms with Crippen molar-refractivity contribution in [3.8, 4) is 5.69 Å². The second-order valence-corrected chi connectivity index (χ2v) is 7.73. The topological polar surface area (TPSA) is 83.8 Å². The largest absolute Gasteiger partial charge is 0.450 e. The molecule has 2 N–H and O–H groups in total. The number of hydrogen-bond donors (Lipinski definition) is 2. The molecule has 2 aromatic rings. The van der Waals surface area contributed by atoms with Gasteiger partial charge in [0.05, 0.1) is 18.0 Å². The number of benzene rings is 1. The molecule has 1 aliphatic heterocycles. The van der Waals surface area contributed by atoms with Crippen molar-refractivity contribution in [1.82, 2.24) is 25.3 Å². The SMILES string of the molecule is CCOC(=O)N1CCC(NC(=NC)NCCCc2cn(-c3ccccc3)nc2C)CC1. The molecule has 8 heteroatoms. The number of nitrogens with one attached hydrogen (secondary N) is 2. The van der Waals surface area contributed by atoms with Gasteiger partial charge in [-0.25, -0.2) is 9.48 Å². The molecule has 3 rings (SSSR count). The average Bonchev–Trinajstić information content (AvgIpc) is 3.17. The quantitative estimate of drug-likeness (QED) is 0.404. The van der Waals surface area contributed by atoms with Gasteiger partial charge in [-0.1, -0.05) is 18.2 Å². The molecule has 0 spiro atoms. The Morgan fingerprint density at radius 2 is 2.00 bits per heavy atom. The van der Waals surface area contributed by atoms with E-state index in [1.54, 1.807) is 11.9 Å². The van der Waals surface area contributed by atoms with Crippen LogP contribution < -0.4 is 10.6 Å². The zero-order valence-corrected chi connectivity index (χ0v) is 18.8. The Morgan fingerprint density at radius 1 is 1.26 bits per heavy atom. The monoisotopic (exact) mass is 426 g/mol. The van der Waals surface area contributed by atoms with Crippen LogP contribution in [-0.2, 0) is 11.2 Å². The van der Waals surface area contributed by atoms with E-state index < -0.39 is 0 Å². The number of nitrogens with zero attached hydrogens (tertiary/aromatic N) is 4. The lowest BCUT2D eigenvalue weighted by Gasteiger charge is -2.32. The van der Waals surface area contributed by atoms with Crippen molar-refractivity contribution in [3.05, 3.63) is 47.8 Å². The first kappa shape index (κ1) is 22.7. The van der Waals surface area contributed by atoms with Crippen LogP contribution in [0.5, 0.6) is 0 Å². The van der Waals surface area contributed by atoms with Gasteiger partial charge >= 0.3 is 6.09 Å². The second kappa shape index (κ2) is 11.4. The average molecular weight is 427 g/mol.